The van der Waals surface area contributed by atoms with Gasteiger partial charge in [-0.15, -0.1) is 0 Å². The number of rotatable bonds is 0. The van der Waals surface area contributed by atoms with E-state index in [1.807, 2.05) is 0 Å². The van der Waals surface area contributed by atoms with Gasteiger partial charge in [-0.25, -0.2) is 0 Å². The molecule has 1 spiro atoms. The van der Waals surface area contributed by atoms with Crippen molar-refractivity contribution in [1.29, 1.82) is 0 Å². The minimum Gasteiger partial charge on any atom is -0.390 e. The molecule has 0 aliphatic heterocycles. The minimum absolute atomic E-state index is 0.352. The quantitative estimate of drug-likeness (QED) is 0.664. The average molecular weight is 222 g/mol. The summed E-state index contributed by atoms with van der Waals surface area (Å²) in [6.45, 7) is 9.38. The van der Waals surface area contributed by atoms with Crippen LogP contribution in [0.5, 0.6) is 0 Å². The fraction of sp³-hybridized carbons (Fsp3) is 1.00. The second kappa shape index (κ2) is 2.85. The Morgan fingerprint density at radius 1 is 1.00 bits per heavy atom. The lowest BCUT2D eigenvalue weighted by molar-refractivity contribution is -0.0717. The van der Waals surface area contributed by atoms with Crippen molar-refractivity contribution >= 4 is 0 Å². The first-order valence-electron chi connectivity index (χ1n) is 7.03. The van der Waals surface area contributed by atoms with Crippen LogP contribution in [-0.2, 0) is 0 Å². The van der Waals surface area contributed by atoms with Gasteiger partial charge in [-0.2, -0.15) is 0 Å². The molecule has 0 aromatic rings. The average Bonchev–Trinajstić information content (AvgIpc) is 2.58. The van der Waals surface area contributed by atoms with E-state index in [2.05, 4.69) is 27.7 Å². The highest BCUT2D eigenvalue weighted by molar-refractivity contribution is 5.16. The van der Waals surface area contributed by atoms with Crippen molar-refractivity contribution < 1.29 is 5.11 Å². The first-order valence-corrected chi connectivity index (χ1v) is 7.03. The van der Waals surface area contributed by atoms with Crippen LogP contribution in [0.3, 0.4) is 0 Å². The van der Waals surface area contributed by atoms with Gasteiger partial charge in [-0.05, 0) is 67.6 Å². The molecule has 2 bridgehead atoms. The molecule has 0 aromatic carbocycles. The zero-order valence-corrected chi connectivity index (χ0v) is 11.2. The van der Waals surface area contributed by atoms with Gasteiger partial charge in [0.2, 0.25) is 0 Å². The van der Waals surface area contributed by atoms with E-state index in [0.717, 1.165) is 18.3 Å². The molecule has 1 N–H and O–H groups in total. The van der Waals surface area contributed by atoms with Crippen LogP contribution >= 0.6 is 0 Å². The van der Waals surface area contributed by atoms with Gasteiger partial charge < -0.3 is 5.11 Å². The molecule has 3 rings (SSSR count). The Kier molecular flexibility index (Phi) is 1.98. The van der Waals surface area contributed by atoms with Gasteiger partial charge in [0.05, 0.1) is 5.60 Å². The molecule has 3 aliphatic rings. The molecule has 2 unspecified atom stereocenters. The Bertz CT molecular complexity index is 313. The molecule has 0 aromatic heterocycles. The smallest absolute Gasteiger partial charge is 0.0653 e. The maximum atomic E-state index is 10.6. The number of aliphatic hydroxyl groups is 1. The summed E-state index contributed by atoms with van der Waals surface area (Å²) >= 11 is 0. The summed E-state index contributed by atoms with van der Waals surface area (Å²) in [5.74, 6) is 2.29. The monoisotopic (exact) mass is 222 g/mol. The second-order valence-corrected chi connectivity index (χ2v) is 7.70. The SMILES string of the molecule is C[C@H]1CCC2C(C)(C)C3C[C@@]21CC[C@@]3(C)O. The normalized spacial score (nSPS) is 58.7. The molecule has 92 valence electrons. The third kappa shape index (κ3) is 1.06. The summed E-state index contributed by atoms with van der Waals surface area (Å²) in [5, 5.41) is 10.6. The third-order valence-corrected chi connectivity index (χ3v) is 6.79. The summed E-state index contributed by atoms with van der Waals surface area (Å²) in [6, 6.07) is 0. The molecule has 3 fully saturated rings. The van der Waals surface area contributed by atoms with Gasteiger partial charge in [0.15, 0.2) is 0 Å². The van der Waals surface area contributed by atoms with Crippen LogP contribution in [0, 0.1) is 28.6 Å². The van der Waals surface area contributed by atoms with E-state index < -0.39 is 5.60 Å². The van der Waals surface area contributed by atoms with E-state index in [9.17, 15) is 5.11 Å². The van der Waals surface area contributed by atoms with Crippen molar-refractivity contribution in [1.82, 2.24) is 0 Å². The lowest BCUT2D eigenvalue weighted by atomic mass is 9.64. The van der Waals surface area contributed by atoms with Crippen molar-refractivity contribution in [2.45, 2.75) is 65.4 Å². The van der Waals surface area contributed by atoms with E-state index in [1.54, 1.807) is 0 Å². The van der Waals surface area contributed by atoms with Crippen LogP contribution in [0.1, 0.15) is 59.8 Å². The van der Waals surface area contributed by atoms with Crippen molar-refractivity contribution in [3.05, 3.63) is 0 Å². The first-order chi connectivity index (χ1) is 7.31. The number of hydrogen-bond acceptors (Lipinski definition) is 1. The van der Waals surface area contributed by atoms with E-state index >= 15 is 0 Å². The zero-order chi connectivity index (χ0) is 11.8. The second-order valence-electron chi connectivity index (χ2n) is 7.70. The first kappa shape index (κ1) is 11.1. The lowest BCUT2D eigenvalue weighted by Crippen LogP contribution is -2.44. The molecule has 16 heavy (non-hydrogen) atoms. The molecule has 5 atom stereocenters. The molecule has 0 saturated heterocycles. The molecule has 3 saturated carbocycles. The Labute approximate surface area is 99.6 Å². The molecule has 0 radical (unpaired) electrons. The molecule has 0 heterocycles. The predicted octanol–water partition coefficient (Wildman–Crippen LogP) is 3.61. The van der Waals surface area contributed by atoms with Gasteiger partial charge in [0.25, 0.3) is 0 Å². The molecular formula is C15H26O. The lowest BCUT2D eigenvalue weighted by Gasteiger charge is -2.44. The summed E-state index contributed by atoms with van der Waals surface area (Å²) in [7, 11) is 0. The van der Waals surface area contributed by atoms with Crippen LogP contribution in [0.25, 0.3) is 0 Å². The van der Waals surface area contributed by atoms with Crippen molar-refractivity contribution in [3.8, 4) is 0 Å². The van der Waals surface area contributed by atoms with Crippen molar-refractivity contribution in [2.75, 3.05) is 0 Å². The van der Waals surface area contributed by atoms with Gasteiger partial charge in [-0.1, -0.05) is 20.8 Å². The predicted molar refractivity (Wildman–Crippen MR) is 66.1 cm³/mol. The largest absolute Gasteiger partial charge is 0.390 e. The Hall–Kier alpha value is -0.0400. The standard InChI is InChI=1S/C15H26O/c1-10-5-6-11-13(2,3)12-9-15(10,11)8-7-14(12,4)16/h10-12,16H,5-9H2,1-4H3/t10-,11?,12?,14+,15+/m0/s1. The minimum atomic E-state index is -0.404. The summed E-state index contributed by atoms with van der Waals surface area (Å²) < 4.78 is 0. The van der Waals surface area contributed by atoms with E-state index in [0.29, 0.717) is 16.7 Å². The maximum absolute atomic E-state index is 10.6. The van der Waals surface area contributed by atoms with Gasteiger partial charge >= 0.3 is 0 Å². The molecule has 0 amide bonds. The Balaban J connectivity index is 2.07. The highest BCUT2D eigenvalue weighted by atomic mass is 16.3. The summed E-state index contributed by atoms with van der Waals surface area (Å²) in [4.78, 5) is 0. The van der Waals surface area contributed by atoms with Crippen LogP contribution in [0.15, 0.2) is 0 Å². The maximum Gasteiger partial charge on any atom is 0.0653 e. The van der Waals surface area contributed by atoms with Gasteiger partial charge in [0.1, 0.15) is 0 Å². The zero-order valence-electron chi connectivity index (χ0n) is 11.2. The molecule has 3 aliphatic carbocycles. The molecule has 1 heteroatoms. The van der Waals surface area contributed by atoms with Gasteiger partial charge in [0, 0.05) is 0 Å². The van der Waals surface area contributed by atoms with E-state index in [4.69, 9.17) is 0 Å². The number of fused-ring (bicyclic) bond motifs is 1. The summed E-state index contributed by atoms with van der Waals surface area (Å²) in [5.41, 5.74) is 0.542. The Morgan fingerprint density at radius 3 is 2.38 bits per heavy atom. The van der Waals surface area contributed by atoms with Crippen molar-refractivity contribution in [3.63, 3.8) is 0 Å². The van der Waals surface area contributed by atoms with E-state index in [1.165, 1.54) is 25.7 Å². The highest BCUT2D eigenvalue weighted by Crippen LogP contribution is 2.73. The fourth-order valence-corrected chi connectivity index (χ4v) is 5.88. The molecule has 1 nitrogen and oxygen atoms in total. The summed E-state index contributed by atoms with van der Waals surface area (Å²) in [6.07, 6.45) is 6.41. The fourth-order valence-electron chi connectivity index (χ4n) is 5.88. The van der Waals surface area contributed by atoms with Gasteiger partial charge in [-0.3, -0.25) is 0 Å². The topological polar surface area (TPSA) is 20.2 Å². The number of hydrogen-bond donors (Lipinski definition) is 1. The Morgan fingerprint density at radius 2 is 1.69 bits per heavy atom. The third-order valence-electron chi connectivity index (χ3n) is 6.79. The van der Waals surface area contributed by atoms with Crippen LogP contribution in [0.4, 0.5) is 0 Å². The molecular weight excluding hydrogens is 196 g/mol. The van der Waals surface area contributed by atoms with Crippen LogP contribution in [0.2, 0.25) is 0 Å². The van der Waals surface area contributed by atoms with Crippen molar-refractivity contribution in [2.24, 2.45) is 28.6 Å². The van der Waals surface area contributed by atoms with Crippen LogP contribution in [-0.4, -0.2) is 10.7 Å². The van der Waals surface area contributed by atoms with Crippen LogP contribution < -0.4 is 0 Å². The van der Waals surface area contributed by atoms with E-state index in [-0.39, 0.29) is 0 Å². The highest BCUT2D eigenvalue weighted by Gasteiger charge is 2.67.